The number of hydrogen-bond donors (Lipinski definition) is 1. The van der Waals surface area contributed by atoms with Crippen LogP contribution in [0.15, 0.2) is 18.3 Å². The maximum Gasteiger partial charge on any atom is 0.134 e. The second-order valence-corrected chi connectivity index (χ2v) is 4.92. The minimum Gasteiger partial charge on any atom is -0.392 e. The number of aliphatic hydroxyl groups excluding tert-OH is 1. The lowest BCUT2D eigenvalue weighted by Gasteiger charge is -2.38. The van der Waals surface area contributed by atoms with Crippen LogP contribution in [0.5, 0.6) is 0 Å². The third-order valence-electron chi connectivity index (χ3n) is 3.92. The number of nitrogens with zero attached hydrogens (tertiary/aromatic N) is 3. The molecule has 0 aliphatic carbocycles. The molecule has 3 heterocycles. The second-order valence-electron chi connectivity index (χ2n) is 4.92. The van der Waals surface area contributed by atoms with Crippen LogP contribution in [0.2, 0.25) is 0 Å². The lowest BCUT2D eigenvalue weighted by molar-refractivity contribution is 0.229. The van der Waals surface area contributed by atoms with Crippen LogP contribution in [-0.2, 0) is 6.61 Å². The molecule has 0 bridgehead atoms. The average molecular weight is 233 g/mol. The Labute approximate surface area is 102 Å². The number of hydrogen-bond acceptors (Lipinski definition) is 4. The van der Waals surface area contributed by atoms with E-state index >= 15 is 0 Å². The molecule has 1 N–H and O–H groups in total. The Morgan fingerprint density at radius 1 is 1.35 bits per heavy atom. The van der Waals surface area contributed by atoms with Gasteiger partial charge in [0.05, 0.1) is 6.61 Å². The van der Waals surface area contributed by atoms with Gasteiger partial charge in [-0.1, -0.05) is 6.07 Å². The molecule has 0 aromatic carbocycles. The van der Waals surface area contributed by atoms with Crippen molar-refractivity contribution in [1.82, 2.24) is 9.88 Å². The standard InChI is InChI=1S/C13H19N3O/c17-10-11-3-1-5-14-13(11)16-8-7-15-6-2-4-12(15)9-16/h1,3,5,12,17H,2,4,6-10H2. The summed E-state index contributed by atoms with van der Waals surface area (Å²) in [6.07, 6.45) is 4.45. The molecule has 1 aromatic rings. The van der Waals surface area contributed by atoms with E-state index in [0.29, 0.717) is 6.04 Å². The highest BCUT2D eigenvalue weighted by Crippen LogP contribution is 2.26. The topological polar surface area (TPSA) is 39.6 Å². The Morgan fingerprint density at radius 2 is 2.29 bits per heavy atom. The van der Waals surface area contributed by atoms with Crippen LogP contribution in [0.1, 0.15) is 18.4 Å². The molecule has 1 aromatic heterocycles. The zero-order valence-electron chi connectivity index (χ0n) is 10.0. The summed E-state index contributed by atoms with van der Waals surface area (Å²) in [4.78, 5) is 9.35. The van der Waals surface area contributed by atoms with Crippen molar-refractivity contribution in [2.24, 2.45) is 0 Å². The van der Waals surface area contributed by atoms with Crippen molar-refractivity contribution in [1.29, 1.82) is 0 Å². The number of aliphatic hydroxyl groups is 1. The van der Waals surface area contributed by atoms with E-state index in [-0.39, 0.29) is 6.61 Å². The van der Waals surface area contributed by atoms with Crippen molar-refractivity contribution < 1.29 is 5.11 Å². The molecule has 2 fully saturated rings. The van der Waals surface area contributed by atoms with E-state index < -0.39 is 0 Å². The van der Waals surface area contributed by atoms with Crippen LogP contribution in [0.4, 0.5) is 5.82 Å². The highest BCUT2D eigenvalue weighted by atomic mass is 16.3. The van der Waals surface area contributed by atoms with Gasteiger partial charge in [0.15, 0.2) is 0 Å². The van der Waals surface area contributed by atoms with E-state index in [1.165, 1.54) is 19.4 Å². The van der Waals surface area contributed by atoms with Gasteiger partial charge < -0.3 is 10.0 Å². The Morgan fingerprint density at radius 3 is 3.18 bits per heavy atom. The van der Waals surface area contributed by atoms with E-state index in [1.54, 1.807) is 0 Å². The summed E-state index contributed by atoms with van der Waals surface area (Å²) in [5.41, 5.74) is 0.943. The molecule has 0 radical (unpaired) electrons. The van der Waals surface area contributed by atoms with Crippen molar-refractivity contribution in [3.8, 4) is 0 Å². The van der Waals surface area contributed by atoms with Crippen molar-refractivity contribution in [3.05, 3.63) is 23.9 Å². The maximum atomic E-state index is 9.36. The van der Waals surface area contributed by atoms with Gasteiger partial charge in [0.25, 0.3) is 0 Å². The lowest BCUT2D eigenvalue weighted by Crippen LogP contribution is -2.50. The Bertz CT molecular complexity index is 396. The number of aromatic nitrogens is 1. The first kappa shape index (κ1) is 11.0. The number of piperazine rings is 1. The molecule has 92 valence electrons. The average Bonchev–Trinajstić information content (AvgIpc) is 2.85. The number of fused-ring (bicyclic) bond motifs is 1. The van der Waals surface area contributed by atoms with Crippen LogP contribution in [0.3, 0.4) is 0 Å². The Balaban J connectivity index is 1.80. The van der Waals surface area contributed by atoms with Crippen molar-refractivity contribution in [2.45, 2.75) is 25.5 Å². The molecule has 17 heavy (non-hydrogen) atoms. The quantitative estimate of drug-likeness (QED) is 0.822. The molecule has 0 amide bonds. The zero-order valence-corrected chi connectivity index (χ0v) is 10.0. The predicted octanol–water partition coefficient (Wildman–Crippen LogP) is 0.858. The maximum absolute atomic E-state index is 9.36. The Kier molecular flexibility index (Phi) is 2.99. The molecular formula is C13H19N3O. The van der Waals surface area contributed by atoms with Gasteiger partial charge in [0.1, 0.15) is 5.82 Å². The van der Waals surface area contributed by atoms with Gasteiger partial charge in [-0.3, -0.25) is 4.90 Å². The van der Waals surface area contributed by atoms with Crippen LogP contribution in [0, 0.1) is 0 Å². The normalized spacial score (nSPS) is 25.0. The van der Waals surface area contributed by atoms with E-state index in [0.717, 1.165) is 31.0 Å². The summed E-state index contributed by atoms with van der Waals surface area (Å²) in [6.45, 7) is 4.55. The van der Waals surface area contributed by atoms with Gasteiger partial charge in [-0.2, -0.15) is 0 Å². The molecule has 0 saturated carbocycles. The Hall–Kier alpha value is -1.13. The van der Waals surface area contributed by atoms with E-state index in [2.05, 4.69) is 14.8 Å². The van der Waals surface area contributed by atoms with Gasteiger partial charge in [0, 0.05) is 37.4 Å². The first-order valence-electron chi connectivity index (χ1n) is 6.42. The fraction of sp³-hybridized carbons (Fsp3) is 0.615. The molecule has 2 aliphatic heterocycles. The number of pyridine rings is 1. The van der Waals surface area contributed by atoms with Gasteiger partial charge in [-0.15, -0.1) is 0 Å². The van der Waals surface area contributed by atoms with Gasteiger partial charge in [0.2, 0.25) is 0 Å². The lowest BCUT2D eigenvalue weighted by atomic mass is 10.1. The minimum atomic E-state index is 0.0774. The van der Waals surface area contributed by atoms with Gasteiger partial charge in [-0.25, -0.2) is 4.98 Å². The summed E-state index contributed by atoms with van der Waals surface area (Å²) in [5.74, 6) is 0.974. The molecule has 1 atom stereocenters. The summed E-state index contributed by atoms with van der Waals surface area (Å²) in [5, 5.41) is 9.36. The van der Waals surface area contributed by atoms with Crippen molar-refractivity contribution >= 4 is 5.82 Å². The van der Waals surface area contributed by atoms with E-state index in [9.17, 15) is 5.11 Å². The third-order valence-corrected chi connectivity index (χ3v) is 3.92. The van der Waals surface area contributed by atoms with E-state index in [1.807, 2.05) is 18.3 Å². The van der Waals surface area contributed by atoms with Crippen LogP contribution in [-0.4, -0.2) is 47.2 Å². The monoisotopic (exact) mass is 233 g/mol. The molecule has 2 saturated heterocycles. The molecular weight excluding hydrogens is 214 g/mol. The van der Waals surface area contributed by atoms with Crippen LogP contribution < -0.4 is 4.90 Å². The summed E-state index contributed by atoms with van der Waals surface area (Å²) < 4.78 is 0. The molecule has 4 nitrogen and oxygen atoms in total. The molecule has 3 rings (SSSR count). The first-order chi connectivity index (χ1) is 8.38. The zero-order chi connectivity index (χ0) is 11.7. The fourth-order valence-electron chi connectivity index (χ4n) is 3.02. The highest BCUT2D eigenvalue weighted by Gasteiger charge is 2.31. The van der Waals surface area contributed by atoms with Crippen LogP contribution in [0.25, 0.3) is 0 Å². The minimum absolute atomic E-state index is 0.0774. The summed E-state index contributed by atoms with van der Waals surface area (Å²) in [7, 11) is 0. The predicted molar refractivity (Wildman–Crippen MR) is 67.0 cm³/mol. The summed E-state index contributed by atoms with van der Waals surface area (Å²) >= 11 is 0. The van der Waals surface area contributed by atoms with Crippen molar-refractivity contribution in [3.63, 3.8) is 0 Å². The molecule has 1 unspecified atom stereocenters. The SMILES string of the molecule is OCc1cccnc1N1CCN2CCCC2C1. The van der Waals surface area contributed by atoms with Crippen molar-refractivity contribution in [2.75, 3.05) is 31.1 Å². The second kappa shape index (κ2) is 4.63. The highest BCUT2D eigenvalue weighted by molar-refractivity contribution is 5.47. The number of anilines is 1. The first-order valence-corrected chi connectivity index (χ1v) is 6.42. The molecule has 0 spiro atoms. The third kappa shape index (κ3) is 2.03. The van der Waals surface area contributed by atoms with Gasteiger partial charge in [-0.05, 0) is 25.5 Å². The largest absolute Gasteiger partial charge is 0.392 e. The smallest absolute Gasteiger partial charge is 0.134 e. The fourth-order valence-corrected chi connectivity index (χ4v) is 3.02. The molecule has 2 aliphatic rings. The summed E-state index contributed by atoms with van der Waals surface area (Å²) in [6, 6.07) is 4.54. The van der Waals surface area contributed by atoms with Gasteiger partial charge >= 0.3 is 0 Å². The molecule has 4 heteroatoms. The number of rotatable bonds is 2. The van der Waals surface area contributed by atoms with Crippen LogP contribution >= 0.6 is 0 Å². The van der Waals surface area contributed by atoms with E-state index in [4.69, 9.17) is 0 Å².